The third-order valence-corrected chi connectivity index (χ3v) is 1.09. The fourth-order valence-corrected chi connectivity index (χ4v) is 0.538. The van der Waals surface area contributed by atoms with Crippen molar-refractivity contribution >= 4 is 0 Å². The van der Waals surface area contributed by atoms with E-state index in [4.69, 9.17) is 4.74 Å². The van der Waals surface area contributed by atoms with Crippen LogP contribution >= 0.6 is 0 Å². The second kappa shape index (κ2) is 1.23. The molecule has 0 amide bonds. The second-order valence-electron chi connectivity index (χ2n) is 1.62. The maximum Gasteiger partial charge on any atom is 0.0842 e. The smallest absolute Gasteiger partial charge is 0.0842 e. The highest BCUT2D eigenvalue weighted by atomic mass is 16.6. The Bertz CT molecular complexity index is 49.9. The first kappa shape index (κ1) is 4.13. The van der Waals surface area contributed by atoms with E-state index in [2.05, 4.69) is 13.8 Å². The zero-order valence-corrected chi connectivity index (χ0v) is 3.98. The van der Waals surface area contributed by atoms with Gasteiger partial charge in [0.25, 0.3) is 0 Å². The Kier molecular flexibility index (Phi) is 0.845. The second-order valence-corrected chi connectivity index (χ2v) is 1.62. The number of ether oxygens (including phenoxy) is 1. The van der Waals surface area contributed by atoms with Gasteiger partial charge in [0.1, 0.15) is 0 Å². The van der Waals surface area contributed by atoms with E-state index < -0.39 is 0 Å². The van der Waals surface area contributed by atoms with Gasteiger partial charge in [-0.05, 0) is 13.3 Å². The average molecular weight is 85.1 g/mol. The van der Waals surface area contributed by atoms with Crippen LogP contribution in [-0.2, 0) is 4.74 Å². The van der Waals surface area contributed by atoms with E-state index in [1.807, 2.05) is 0 Å². The van der Waals surface area contributed by atoms with Gasteiger partial charge in [-0.1, -0.05) is 6.92 Å². The van der Waals surface area contributed by atoms with E-state index in [0.717, 1.165) is 6.42 Å². The van der Waals surface area contributed by atoms with Crippen LogP contribution in [0.4, 0.5) is 0 Å². The minimum Gasteiger partial charge on any atom is -0.370 e. The van der Waals surface area contributed by atoms with Crippen molar-refractivity contribution in [1.29, 1.82) is 0 Å². The molecule has 0 aromatic carbocycles. The molecule has 1 nitrogen and oxygen atoms in total. The third-order valence-electron chi connectivity index (χ3n) is 1.09. The Hall–Kier alpha value is -0.0400. The molecular weight excluding hydrogens is 76.1 g/mol. The van der Waals surface area contributed by atoms with Crippen LogP contribution in [0.3, 0.4) is 0 Å². The number of epoxide rings is 1. The molecule has 1 rings (SSSR count). The van der Waals surface area contributed by atoms with E-state index in [0.29, 0.717) is 12.2 Å². The predicted octanol–water partition coefficient (Wildman–Crippen LogP) is 0.998. The molecule has 0 spiro atoms. The summed E-state index contributed by atoms with van der Waals surface area (Å²) in [6, 6.07) is 0. The van der Waals surface area contributed by atoms with Crippen LogP contribution in [0.15, 0.2) is 0 Å². The molecule has 1 heterocycles. The van der Waals surface area contributed by atoms with Crippen molar-refractivity contribution in [3.63, 3.8) is 0 Å². The summed E-state index contributed by atoms with van der Waals surface area (Å²) < 4.78 is 4.95. The summed E-state index contributed by atoms with van der Waals surface area (Å²) in [5, 5.41) is 0. The summed E-state index contributed by atoms with van der Waals surface area (Å²) in [6.07, 6.45) is 1.92. The minimum atomic E-state index is 0.315. The lowest BCUT2D eigenvalue weighted by Gasteiger charge is -1.72. The van der Waals surface area contributed by atoms with Crippen molar-refractivity contribution in [2.45, 2.75) is 25.6 Å². The Balaban J connectivity index is 2.09. The molecule has 0 aliphatic carbocycles. The van der Waals surface area contributed by atoms with Gasteiger partial charge >= 0.3 is 0 Å². The van der Waals surface area contributed by atoms with Crippen molar-refractivity contribution in [1.82, 2.24) is 0 Å². The van der Waals surface area contributed by atoms with Gasteiger partial charge in [0.05, 0.1) is 12.2 Å². The third kappa shape index (κ3) is 0.548. The van der Waals surface area contributed by atoms with Crippen LogP contribution in [-0.4, -0.2) is 12.2 Å². The maximum absolute atomic E-state index is 4.95. The topological polar surface area (TPSA) is 12.5 Å². The number of rotatable bonds is 1. The van der Waals surface area contributed by atoms with E-state index in [1.165, 1.54) is 0 Å². The molecule has 0 N–H and O–H groups in total. The molecule has 2 atom stereocenters. The van der Waals surface area contributed by atoms with E-state index >= 15 is 0 Å². The number of hydrogen-bond acceptors (Lipinski definition) is 1. The molecule has 1 radical (unpaired) electrons. The normalized spacial score (nSPS) is 43.0. The Morgan fingerprint density at radius 2 is 2.33 bits per heavy atom. The maximum atomic E-state index is 4.95. The summed E-state index contributed by atoms with van der Waals surface area (Å²) >= 11 is 0. The average Bonchev–Trinajstić information content (AvgIpc) is 2.19. The quantitative estimate of drug-likeness (QED) is 0.433. The Labute approximate surface area is 38.3 Å². The lowest BCUT2D eigenvalue weighted by atomic mass is 10.3. The van der Waals surface area contributed by atoms with Crippen molar-refractivity contribution in [2.75, 3.05) is 0 Å². The zero-order chi connectivity index (χ0) is 4.57. The molecule has 6 heavy (non-hydrogen) atoms. The van der Waals surface area contributed by atoms with Gasteiger partial charge in [-0.15, -0.1) is 0 Å². The predicted molar refractivity (Wildman–Crippen MR) is 24.3 cm³/mol. The van der Waals surface area contributed by atoms with E-state index in [-0.39, 0.29) is 0 Å². The molecule has 1 aliphatic heterocycles. The van der Waals surface area contributed by atoms with E-state index in [1.54, 1.807) is 0 Å². The molecule has 1 fully saturated rings. The van der Waals surface area contributed by atoms with Crippen molar-refractivity contribution in [3.8, 4) is 0 Å². The van der Waals surface area contributed by atoms with Crippen LogP contribution < -0.4 is 0 Å². The fraction of sp³-hybridized carbons (Fsp3) is 0.800. The highest BCUT2D eigenvalue weighted by Crippen LogP contribution is 2.22. The van der Waals surface area contributed by atoms with Crippen molar-refractivity contribution < 1.29 is 4.74 Å². The molecule has 2 unspecified atom stereocenters. The number of hydrogen-bond donors (Lipinski definition) is 0. The molecular formula is C5H9O. The first-order chi connectivity index (χ1) is 2.84. The fourth-order valence-electron chi connectivity index (χ4n) is 0.538. The highest BCUT2D eigenvalue weighted by Gasteiger charge is 2.31. The van der Waals surface area contributed by atoms with E-state index in [9.17, 15) is 0 Å². The molecule has 0 saturated carbocycles. The molecule has 35 valence electrons. The standard InChI is InChI=1S/C5H9O/c1-3-5-4(2)6-5/h4-5H,2-3H2,1H3. The lowest BCUT2D eigenvalue weighted by Crippen LogP contribution is -1.82. The van der Waals surface area contributed by atoms with Gasteiger partial charge in [0.15, 0.2) is 0 Å². The Morgan fingerprint density at radius 1 is 1.83 bits per heavy atom. The van der Waals surface area contributed by atoms with Crippen LogP contribution in [0.25, 0.3) is 0 Å². The van der Waals surface area contributed by atoms with Crippen LogP contribution in [0.1, 0.15) is 13.3 Å². The first-order valence-corrected chi connectivity index (χ1v) is 2.33. The molecule has 0 aromatic heterocycles. The van der Waals surface area contributed by atoms with Gasteiger partial charge in [-0.2, -0.15) is 0 Å². The summed E-state index contributed by atoms with van der Waals surface area (Å²) in [5.41, 5.74) is 0. The minimum absolute atomic E-state index is 0.315. The summed E-state index contributed by atoms with van der Waals surface area (Å²) in [5.74, 6) is 0. The summed E-state index contributed by atoms with van der Waals surface area (Å²) in [4.78, 5) is 0. The van der Waals surface area contributed by atoms with Gasteiger partial charge in [-0.3, -0.25) is 0 Å². The van der Waals surface area contributed by atoms with Crippen molar-refractivity contribution in [3.05, 3.63) is 6.92 Å². The van der Waals surface area contributed by atoms with Crippen molar-refractivity contribution in [2.24, 2.45) is 0 Å². The summed E-state index contributed by atoms with van der Waals surface area (Å²) in [7, 11) is 0. The van der Waals surface area contributed by atoms with Gasteiger partial charge in [-0.25, -0.2) is 0 Å². The Morgan fingerprint density at radius 3 is 2.33 bits per heavy atom. The van der Waals surface area contributed by atoms with Gasteiger partial charge < -0.3 is 4.74 Å². The SMILES string of the molecule is [CH2]C1OC1CC. The molecule has 1 heteroatoms. The van der Waals surface area contributed by atoms with Crippen LogP contribution in [0.2, 0.25) is 0 Å². The lowest BCUT2D eigenvalue weighted by molar-refractivity contribution is 0.384. The summed E-state index contributed by atoms with van der Waals surface area (Å²) in [6.45, 7) is 5.79. The molecule has 0 aromatic rings. The largest absolute Gasteiger partial charge is 0.370 e. The zero-order valence-electron chi connectivity index (χ0n) is 3.98. The molecule has 1 saturated heterocycles. The highest BCUT2D eigenvalue weighted by molar-refractivity contribution is 4.84. The van der Waals surface area contributed by atoms with Crippen LogP contribution in [0.5, 0.6) is 0 Å². The van der Waals surface area contributed by atoms with Gasteiger partial charge in [0, 0.05) is 0 Å². The first-order valence-electron chi connectivity index (χ1n) is 2.33. The van der Waals surface area contributed by atoms with Gasteiger partial charge in [0.2, 0.25) is 0 Å². The monoisotopic (exact) mass is 85.1 g/mol. The molecule has 0 bridgehead atoms. The molecule has 1 aliphatic rings. The van der Waals surface area contributed by atoms with Crippen LogP contribution in [0, 0.1) is 6.92 Å².